The number of hydrogen-bond acceptors (Lipinski definition) is 7. The van der Waals surface area contributed by atoms with Crippen molar-refractivity contribution >= 4 is 204 Å². The van der Waals surface area contributed by atoms with Gasteiger partial charge in [-0.1, -0.05) is 336 Å². The molecular weight excluding hydrogens is 1690 g/mol. The zero-order valence-corrected chi connectivity index (χ0v) is 79.2. The summed E-state index contributed by atoms with van der Waals surface area (Å²) in [7, 11) is -2.87. The van der Waals surface area contributed by atoms with Crippen molar-refractivity contribution < 1.29 is 13.3 Å². The largest absolute Gasteiger partial charge is 0.455 e. The Morgan fingerprint density at radius 3 is 1.03 bits per heavy atom. The molecule has 24 aromatic rings. The fourth-order valence-electron chi connectivity index (χ4n) is 21.1. The van der Waals surface area contributed by atoms with Gasteiger partial charge in [-0.3, -0.25) is 0 Å². The molecule has 7 nitrogen and oxygen atoms in total. The quantitative estimate of drug-likeness (QED) is 0.0665. The van der Waals surface area contributed by atoms with Gasteiger partial charge in [-0.15, -0.1) is 0 Å². The van der Waals surface area contributed by atoms with Crippen molar-refractivity contribution in [2.24, 2.45) is 0 Å². The Kier molecular flexibility index (Phi) is 20.2. The zero-order chi connectivity index (χ0) is 91.7. The van der Waals surface area contributed by atoms with E-state index in [0.717, 1.165) is 172 Å². The van der Waals surface area contributed by atoms with Crippen LogP contribution in [-0.2, 0) is 5.41 Å². The molecule has 0 aliphatic heterocycles. The predicted molar refractivity (Wildman–Crippen MR) is 583 cm³/mol. The van der Waals surface area contributed by atoms with Gasteiger partial charge in [-0.05, 0) is 246 Å². The van der Waals surface area contributed by atoms with E-state index in [4.69, 9.17) is 13.3 Å². The van der Waals surface area contributed by atoms with Crippen LogP contribution in [0, 0.1) is 0 Å². The van der Waals surface area contributed by atoms with Crippen molar-refractivity contribution in [3.63, 3.8) is 0 Å². The molecule has 136 heavy (non-hydrogen) atoms. The summed E-state index contributed by atoms with van der Waals surface area (Å²) >= 11 is 0. The van der Waals surface area contributed by atoms with E-state index in [1.165, 1.54) is 70.7 Å². The maximum absolute atomic E-state index is 7.13. The summed E-state index contributed by atoms with van der Waals surface area (Å²) in [5.41, 5.74) is 30.4. The first-order chi connectivity index (χ1) is 66.5. The molecule has 0 radical (unpaired) electrons. The second kappa shape index (κ2) is 33.2. The van der Waals surface area contributed by atoms with E-state index in [0.29, 0.717) is 0 Å². The summed E-state index contributed by atoms with van der Waals surface area (Å²) in [6.07, 6.45) is 0. The van der Waals surface area contributed by atoms with E-state index in [9.17, 15) is 0 Å². The van der Waals surface area contributed by atoms with Crippen LogP contribution in [0.5, 0.6) is 0 Å². The van der Waals surface area contributed by atoms with Crippen LogP contribution in [-0.4, -0.2) is 16.1 Å². The minimum atomic E-state index is -1.44. The van der Waals surface area contributed by atoms with Crippen LogP contribution in [0.1, 0.15) is 25.0 Å². The van der Waals surface area contributed by atoms with Crippen LogP contribution in [0.15, 0.2) is 462 Å². The third-order valence-electron chi connectivity index (χ3n) is 28.0. The maximum atomic E-state index is 7.13. The standard InChI is InChI=1S/C65H48N2O2Si.C62H50N2OSi/c1-70(2,3)50-37-34-48(35-38-50)66(46-19-8-5-9-20-46)47-32-29-43(30-33-47)45-31-39-56-58(41-45)52-22-10-11-24-54(52)63-57-40-36-49(42-62(57)69-65(56)63)67(59-26-14-12-21-51(59)44-17-6-4-7-18-44)60-27-16-25-55-53-23-13-15-28-61(53)68-64(55)60;1-62(2)57-23-15-14-21-51(57)52-36-31-47(39-58(52)62)64(44-18-10-7-11-19-44)48-32-37-55-59(40-48)65-61-54-35-26-42(38-56(54)50-20-12-13-22-53(50)60(55)61)41-24-27-45(28-25-41)63(43-16-8-6-9-17-43)46-29-33-49(34-30-46)66(3,4)5/h4-42H,1-3H3;6-40H,1-5H3. The Hall–Kier alpha value is -16.3. The molecule has 0 bridgehead atoms. The Balaban J connectivity index is 0.000000149. The highest BCUT2D eigenvalue weighted by molar-refractivity contribution is 6.89. The smallest absolute Gasteiger partial charge is 0.159 e. The normalized spacial score (nSPS) is 12.5. The predicted octanol–water partition coefficient (Wildman–Crippen LogP) is 36.0. The molecule has 0 amide bonds. The van der Waals surface area contributed by atoms with Crippen LogP contribution < -0.4 is 30.0 Å². The van der Waals surface area contributed by atoms with Gasteiger partial charge in [-0.25, -0.2) is 0 Å². The number of hydrogen-bond donors (Lipinski definition) is 0. The summed E-state index contributed by atoms with van der Waals surface area (Å²) in [6.45, 7) is 19.1. The van der Waals surface area contributed by atoms with E-state index in [1.54, 1.807) is 0 Å². The summed E-state index contributed by atoms with van der Waals surface area (Å²) in [5, 5.41) is 18.9. The van der Waals surface area contributed by atoms with Crippen LogP contribution in [0.2, 0.25) is 39.3 Å². The molecule has 9 heteroatoms. The van der Waals surface area contributed by atoms with Gasteiger partial charge in [0.05, 0.1) is 33.2 Å². The zero-order valence-electron chi connectivity index (χ0n) is 77.2. The van der Waals surface area contributed by atoms with Crippen molar-refractivity contribution in [1.29, 1.82) is 0 Å². The molecule has 652 valence electrons. The van der Waals surface area contributed by atoms with Crippen LogP contribution in [0.4, 0.5) is 68.2 Å². The molecule has 0 atom stereocenters. The Morgan fingerprint density at radius 2 is 0.529 bits per heavy atom. The van der Waals surface area contributed by atoms with Crippen molar-refractivity contribution in [2.45, 2.75) is 58.5 Å². The second-order valence-corrected chi connectivity index (χ2v) is 48.8. The van der Waals surface area contributed by atoms with Crippen molar-refractivity contribution in [3.8, 4) is 44.5 Å². The molecule has 3 heterocycles. The van der Waals surface area contributed by atoms with Gasteiger partial charge in [0, 0.05) is 117 Å². The number of furan rings is 3. The first-order valence-electron chi connectivity index (χ1n) is 47.2. The third kappa shape index (κ3) is 14.4. The fraction of sp³-hybridized carbons (Fsp3) is 0.0709. The monoisotopic (exact) mass is 1780 g/mol. The number of fused-ring (bicyclic) bond motifs is 22. The molecule has 0 unspecified atom stereocenters. The lowest BCUT2D eigenvalue weighted by atomic mass is 9.82. The second-order valence-electron chi connectivity index (χ2n) is 38.7. The topological polar surface area (TPSA) is 52.4 Å². The minimum absolute atomic E-state index is 0.109. The van der Waals surface area contributed by atoms with Gasteiger partial charge >= 0.3 is 0 Å². The number of nitrogens with zero attached hydrogens (tertiary/aromatic N) is 4. The van der Waals surface area contributed by atoms with E-state index < -0.39 is 16.1 Å². The van der Waals surface area contributed by atoms with Crippen LogP contribution in [0.3, 0.4) is 0 Å². The van der Waals surface area contributed by atoms with Crippen LogP contribution >= 0.6 is 0 Å². The van der Waals surface area contributed by atoms with Gasteiger partial charge in [0.1, 0.15) is 27.9 Å². The lowest BCUT2D eigenvalue weighted by molar-refractivity contribution is 0.660. The number of benzene rings is 21. The average Bonchev–Trinajstić information content (AvgIpc) is 1.47. The molecule has 1 aliphatic carbocycles. The Labute approximate surface area is 793 Å². The van der Waals surface area contributed by atoms with Gasteiger partial charge in [0.15, 0.2) is 5.58 Å². The Bertz CT molecular complexity index is 8760. The highest BCUT2D eigenvalue weighted by Crippen LogP contribution is 2.54. The molecule has 0 saturated carbocycles. The highest BCUT2D eigenvalue weighted by Gasteiger charge is 2.37. The SMILES string of the molecule is CC1(C)c2ccccc2-c2ccc(N(c3ccccc3)c3ccc4c(c3)oc3c5ccc(-c6ccc(N(c7ccccc7)c7ccc([Si](C)(C)C)cc7)cc6)cc5c5ccccc5c43)cc21.C[Si](C)(C)c1ccc(N(c2ccccc2)c2ccc(-c3ccc4c(c3)c3ccccc3c3c5ccc(N(c6ccccc6-c6ccccc6)c6cccc7c6oc6ccccc67)cc5oc43)cc2)cc1. The molecule has 0 N–H and O–H groups in total. The fourth-order valence-corrected chi connectivity index (χ4v) is 23.4. The highest BCUT2D eigenvalue weighted by atomic mass is 28.3. The number of rotatable bonds is 17. The molecule has 1 aliphatic rings. The first kappa shape index (κ1) is 82.8. The van der Waals surface area contributed by atoms with E-state index in [2.05, 4.69) is 510 Å². The molecule has 3 aromatic heterocycles. The lowest BCUT2D eigenvalue weighted by Gasteiger charge is -2.28. The molecule has 0 fully saturated rings. The third-order valence-corrected chi connectivity index (χ3v) is 32.1. The summed E-state index contributed by atoms with van der Waals surface area (Å²) in [5.74, 6) is 0. The molecule has 25 rings (SSSR count). The molecule has 0 saturated heterocycles. The number of para-hydroxylation sites is 6. The van der Waals surface area contributed by atoms with Gasteiger partial charge < -0.3 is 32.9 Å². The van der Waals surface area contributed by atoms with Gasteiger partial charge in [0.2, 0.25) is 0 Å². The van der Waals surface area contributed by atoms with Crippen molar-refractivity contribution in [3.05, 3.63) is 460 Å². The summed E-state index contributed by atoms with van der Waals surface area (Å²) in [4.78, 5) is 9.38. The molecule has 21 aromatic carbocycles. The van der Waals surface area contributed by atoms with Crippen LogP contribution in [0.25, 0.3) is 153 Å². The average molecular weight is 1780 g/mol. The van der Waals surface area contributed by atoms with E-state index in [-0.39, 0.29) is 5.41 Å². The van der Waals surface area contributed by atoms with Gasteiger partial charge in [-0.2, -0.15) is 0 Å². The van der Waals surface area contributed by atoms with Gasteiger partial charge in [0.25, 0.3) is 0 Å². The number of anilines is 12. The lowest BCUT2D eigenvalue weighted by Crippen LogP contribution is -2.37. The van der Waals surface area contributed by atoms with Crippen molar-refractivity contribution in [2.75, 3.05) is 19.6 Å². The molecule has 0 spiro atoms. The summed E-state index contributed by atoms with van der Waals surface area (Å²) in [6, 6.07) is 163. The molecular formula is C127H98N4O3Si2. The first-order valence-corrected chi connectivity index (χ1v) is 54.2. The Morgan fingerprint density at radius 1 is 0.191 bits per heavy atom. The van der Waals surface area contributed by atoms with E-state index >= 15 is 0 Å². The minimum Gasteiger partial charge on any atom is -0.455 e. The van der Waals surface area contributed by atoms with Crippen molar-refractivity contribution in [1.82, 2.24) is 0 Å². The maximum Gasteiger partial charge on any atom is 0.159 e. The summed E-state index contributed by atoms with van der Waals surface area (Å²) < 4.78 is 20.9. The van der Waals surface area contributed by atoms with E-state index in [1.807, 2.05) is 12.1 Å².